The second-order valence-electron chi connectivity index (χ2n) is 5.23. The van der Waals surface area contributed by atoms with Crippen LogP contribution < -0.4 is 5.32 Å². The highest BCUT2D eigenvalue weighted by molar-refractivity contribution is 5.91. The first kappa shape index (κ1) is 13.4. The van der Waals surface area contributed by atoms with Crippen molar-refractivity contribution in [1.29, 1.82) is 0 Å². The number of para-hydroxylation sites is 1. The van der Waals surface area contributed by atoms with E-state index in [1.807, 2.05) is 38.2 Å². The summed E-state index contributed by atoms with van der Waals surface area (Å²) in [7, 11) is 0. The predicted molar refractivity (Wildman–Crippen MR) is 83.3 cm³/mol. The highest BCUT2D eigenvalue weighted by atomic mass is 16.1. The van der Waals surface area contributed by atoms with E-state index < -0.39 is 0 Å². The number of benzene rings is 1. The molecule has 1 aromatic carbocycles. The Morgan fingerprint density at radius 3 is 2.86 bits per heavy atom. The first-order chi connectivity index (χ1) is 10.1. The van der Waals surface area contributed by atoms with Crippen molar-refractivity contribution >= 4 is 22.6 Å². The van der Waals surface area contributed by atoms with Gasteiger partial charge in [0.1, 0.15) is 0 Å². The van der Waals surface area contributed by atoms with Gasteiger partial charge in [0.25, 0.3) is 0 Å². The number of anilines is 1. The van der Waals surface area contributed by atoms with E-state index in [4.69, 9.17) is 0 Å². The van der Waals surface area contributed by atoms with Crippen molar-refractivity contribution in [3.8, 4) is 0 Å². The lowest BCUT2D eigenvalue weighted by Gasteiger charge is -2.03. The van der Waals surface area contributed by atoms with Crippen molar-refractivity contribution in [2.75, 3.05) is 5.32 Å². The largest absolute Gasteiger partial charge is 0.361 e. The molecule has 108 valence electrons. The second-order valence-corrected chi connectivity index (χ2v) is 5.23. The van der Waals surface area contributed by atoms with Gasteiger partial charge in [0, 0.05) is 34.8 Å². The molecule has 0 atom stereocenters. The average molecular weight is 282 g/mol. The Morgan fingerprint density at radius 2 is 2.10 bits per heavy atom. The molecule has 0 aliphatic rings. The number of rotatable bonds is 4. The Morgan fingerprint density at radius 1 is 1.29 bits per heavy atom. The summed E-state index contributed by atoms with van der Waals surface area (Å²) in [4.78, 5) is 15.3. The number of aromatic nitrogens is 3. The van der Waals surface area contributed by atoms with E-state index in [0.717, 1.165) is 22.3 Å². The Hall–Kier alpha value is -2.56. The summed E-state index contributed by atoms with van der Waals surface area (Å²) in [5, 5.41) is 11.0. The normalized spacial score (nSPS) is 11.0. The maximum atomic E-state index is 12.0. The van der Waals surface area contributed by atoms with Crippen LogP contribution in [0, 0.1) is 13.8 Å². The standard InChI is InChI=1S/C16H18N4O/c1-10-11(2)19-20-16(10)18-15(21)8-7-12-9-17-14-6-4-3-5-13(12)14/h3-6,9,17H,7-8H2,1-2H3,(H2,18,19,20,21). The second kappa shape index (κ2) is 5.44. The van der Waals surface area contributed by atoms with Crippen LogP contribution in [0.4, 0.5) is 5.82 Å². The van der Waals surface area contributed by atoms with Gasteiger partial charge in [-0.2, -0.15) is 5.10 Å². The monoisotopic (exact) mass is 282 g/mol. The number of hydrogen-bond donors (Lipinski definition) is 3. The first-order valence-electron chi connectivity index (χ1n) is 7.01. The molecular formula is C16H18N4O. The summed E-state index contributed by atoms with van der Waals surface area (Å²) in [5.74, 6) is 0.603. The smallest absolute Gasteiger partial charge is 0.225 e. The Kier molecular flexibility index (Phi) is 3.48. The molecule has 0 fully saturated rings. The number of nitrogens with one attached hydrogen (secondary N) is 3. The molecule has 0 saturated heterocycles. The quantitative estimate of drug-likeness (QED) is 0.688. The zero-order chi connectivity index (χ0) is 14.8. The molecule has 3 rings (SSSR count). The van der Waals surface area contributed by atoms with Crippen LogP contribution in [0.3, 0.4) is 0 Å². The maximum absolute atomic E-state index is 12.0. The van der Waals surface area contributed by atoms with E-state index in [-0.39, 0.29) is 5.91 Å². The van der Waals surface area contributed by atoms with Crippen molar-refractivity contribution in [3.05, 3.63) is 47.3 Å². The van der Waals surface area contributed by atoms with Crippen LogP contribution in [0.25, 0.3) is 10.9 Å². The van der Waals surface area contributed by atoms with Gasteiger partial charge in [-0.15, -0.1) is 0 Å². The number of H-pyrrole nitrogens is 2. The molecule has 5 nitrogen and oxygen atoms in total. The van der Waals surface area contributed by atoms with Crippen LogP contribution in [0.2, 0.25) is 0 Å². The zero-order valence-electron chi connectivity index (χ0n) is 12.2. The summed E-state index contributed by atoms with van der Waals surface area (Å²) < 4.78 is 0. The Labute approximate surface area is 122 Å². The lowest BCUT2D eigenvalue weighted by atomic mass is 10.1. The highest BCUT2D eigenvalue weighted by Gasteiger charge is 2.10. The molecular weight excluding hydrogens is 264 g/mol. The average Bonchev–Trinajstić information content (AvgIpc) is 3.04. The topological polar surface area (TPSA) is 73.6 Å². The lowest BCUT2D eigenvalue weighted by molar-refractivity contribution is -0.116. The third-order valence-electron chi connectivity index (χ3n) is 3.81. The molecule has 0 radical (unpaired) electrons. The van der Waals surface area contributed by atoms with Gasteiger partial charge in [-0.1, -0.05) is 18.2 Å². The molecule has 1 amide bonds. The third-order valence-corrected chi connectivity index (χ3v) is 3.81. The number of hydrogen-bond acceptors (Lipinski definition) is 2. The zero-order valence-corrected chi connectivity index (χ0v) is 12.2. The number of amides is 1. The molecule has 21 heavy (non-hydrogen) atoms. The van der Waals surface area contributed by atoms with Gasteiger partial charge in [-0.05, 0) is 31.9 Å². The van der Waals surface area contributed by atoms with Gasteiger partial charge in [-0.25, -0.2) is 0 Å². The number of aryl methyl sites for hydroxylation is 2. The van der Waals surface area contributed by atoms with Crippen molar-refractivity contribution in [2.45, 2.75) is 26.7 Å². The summed E-state index contributed by atoms with van der Waals surface area (Å²) in [6.45, 7) is 3.87. The minimum atomic E-state index is -0.0186. The van der Waals surface area contributed by atoms with E-state index >= 15 is 0 Å². The van der Waals surface area contributed by atoms with Gasteiger partial charge >= 0.3 is 0 Å². The van der Waals surface area contributed by atoms with E-state index in [1.54, 1.807) is 0 Å². The predicted octanol–water partition coefficient (Wildman–Crippen LogP) is 3.08. The third kappa shape index (κ3) is 2.67. The molecule has 0 aliphatic carbocycles. The molecule has 2 heterocycles. The first-order valence-corrected chi connectivity index (χ1v) is 7.01. The number of aromatic amines is 2. The SMILES string of the molecule is Cc1[nH]nc(NC(=O)CCc2c[nH]c3ccccc23)c1C. The van der Waals surface area contributed by atoms with Crippen molar-refractivity contribution in [3.63, 3.8) is 0 Å². The summed E-state index contributed by atoms with van der Waals surface area (Å²) in [6.07, 6.45) is 3.12. The van der Waals surface area contributed by atoms with Crippen LogP contribution in [0.1, 0.15) is 23.2 Å². The van der Waals surface area contributed by atoms with Gasteiger partial charge in [0.15, 0.2) is 5.82 Å². The van der Waals surface area contributed by atoms with Crippen LogP contribution in [0.5, 0.6) is 0 Å². The van der Waals surface area contributed by atoms with E-state index in [0.29, 0.717) is 18.7 Å². The number of carbonyl (C=O) groups excluding carboxylic acids is 1. The van der Waals surface area contributed by atoms with Crippen molar-refractivity contribution in [2.24, 2.45) is 0 Å². The van der Waals surface area contributed by atoms with Crippen LogP contribution >= 0.6 is 0 Å². The number of nitrogens with zero attached hydrogens (tertiary/aromatic N) is 1. The molecule has 0 unspecified atom stereocenters. The summed E-state index contributed by atoms with van der Waals surface area (Å²) in [6, 6.07) is 8.11. The fourth-order valence-corrected chi connectivity index (χ4v) is 2.39. The van der Waals surface area contributed by atoms with Crippen molar-refractivity contribution < 1.29 is 4.79 Å². The minimum Gasteiger partial charge on any atom is -0.361 e. The van der Waals surface area contributed by atoms with Crippen molar-refractivity contribution in [1.82, 2.24) is 15.2 Å². The molecule has 0 aliphatic heterocycles. The van der Waals surface area contributed by atoms with Gasteiger partial charge in [0.2, 0.25) is 5.91 Å². The van der Waals surface area contributed by atoms with Gasteiger partial charge in [0.05, 0.1) is 0 Å². The molecule has 2 aromatic heterocycles. The fraction of sp³-hybridized carbons (Fsp3) is 0.250. The van der Waals surface area contributed by atoms with Gasteiger partial charge in [-0.3, -0.25) is 9.89 Å². The molecule has 3 N–H and O–H groups in total. The number of fused-ring (bicyclic) bond motifs is 1. The van der Waals surface area contributed by atoms with Crippen LogP contribution in [0.15, 0.2) is 30.5 Å². The van der Waals surface area contributed by atoms with Crippen LogP contribution in [-0.2, 0) is 11.2 Å². The fourth-order valence-electron chi connectivity index (χ4n) is 2.39. The molecule has 3 aromatic rings. The van der Waals surface area contributed by atoms with E-state index in [2.05, 4.69) is 26.6 Å². The maximum Gasteiger partial charge on any atom is 0.225 e. The van der Waals surface area contributed by atoms with E-state index in [9.17, 15) is 4.79 Å². The summed E-state index contributed by atoms with van der Waals surface area (Å²) in [5.41, 5.74) is 4.22. The van der Waals surface area contributed by atoms with Gasteiger partial charge < -0.3 is 10.3 Å². The minimum absolute atomic E-state index is 0.0186. The number of carbonyl (C=O) groups is 1. The molecule has 5 heteroatoms. The molecule has 0 bridgehead atoms. The van der Waals surface area contributed by atoms with Crippen LogP contribution in [-0.4, -0.2) is 21.1 Å². The van der Waals surface area contributed by atoms with E-state index in [1.165, 1.54) is 5.39 Å². The molecule has 0 saturated carbocycles. The Balaban J connectivity index is 1.65. The summed E-state index contributed by atoms with van der Waals surface area (Å²) >= 11 is 0. The molecule has 0 spiro atoms. The lowest BCUT2D eigenvalue weighted by Crippen LogP contribution is -2.13. The highest BCUT2D eigenvalue weighted by Crippen LogP contribution is 2.19. The Bertz CT molecular complexity index is 785.